The van der Waals surface area contributed by atoms with Gasteiger partial charge in [-0.15, -0.1) is 0 Å². The van der Waals surface area contributed by atoms with Gasteiger partial charge in [0, 0.05) is 12.1 Å². The van der Waals surface area contributed by atoms with Crippen LogP contribution in [-0.4, -0.2) is 11.1 Å². The Hall–Kier alpha value is -1.93. The minimum atomic E-state index is -1.26. The Morgan fingerprint density at radius 3 is 2.71 bits per heavy atom. The SMILES string of the molecule is N#Cc1ccc(C(=O)O)c(CN)c1F. The topological polar surface area (TPSA) is 87.1 Å². The molecule has 1 aromatic rings. The maximum Gasteiger partial charge on any atom is 0.336 e. The molecule has 0 spiro atoms. The van der Waals surface area contributed by atoms with Gasteiger partial charge >= 0.3 is 5.97 Å². The fraction of sp³-hybridized carbons (Fsp3) is 0.111. The zero-order valence-corrected chi connectivity index (χ0v) is 7.12. The summed E-state index contributed by atoms with van der Waals surface area (Å²) in [5, 5.41) is 17.2. The van der Waals surface area contributed by atoms with Crippen LogP contribution in [0.4, 0.5) is 4.39 Å². The van der Waals surface area contributed by atoms with E-state index in [4.69, 9.17) is 16.1 Å². The molecule has 72 valence electrons. The monoisotopic (exact) mass is 194 g/mol. The molecule has 0 aliphatic heterocycles. The first-order chi connectivity index (χ1) is 6.61. The van der Waals surface area contributed by atoms with E-state index in [1.807, 2.05) is 0 Å². The van der Waals surface area contributed by atoms with Gasteiger partial charge in [0.1, 0.15) is 11.9 Å². The molecule has 3 N–H and O–H groups in total. The summed E-state index contributed by atoms with van der Waals surface area (Å²) in [6, 6.07) is 3.91. The van der Waals surface area contributed by atoms with Crippen molar-refractivity contribution in [2.75, 3.05) is 0 Å². The van der Waals surface area contributed by atoms with Crippen LogP contribution in [0, 0.1) is 17.1 Å². The third-order valence-corrected chi connectivity index (χ3v) is 1.80. The van der Waals surface area contributed by atoms with Gasteiger partial charge < -0.3 is 10.8 Å². The van der Waals surface area contributed by atoms with Crippen LogP contribution in [0.25, 0.3) is 0 Å². The van der Waals surface area contributed by atoms with Crippen molar-refractivity contribution in [2.45, 2.75) is 6.54 Å². The Morgan fingerprint density at radius 2 is 2.29 bits per heavy atom. The second-order valence-corrected chi connectivity index (χ2v) is 2.57. The fourth-order valence-corrected chi connectivity index (χ4v) is 1.11. The number of halogens is 1. The predicted octanol–water partition coefficient (Wildman–Crippen LogP) is 0.854. The van der Waals surface area contributed by atoms with Crippen LogP contribution in [-0.2, 0) is 6.54 Å². The van der Waals surface area contributed by atoms with Crippen molar-refractivity contribution in [3.63, 3.8) is 0 Å². The zero-order chi connectivity index (χ0) is 10.7. The van der Waals surface area contributed by atoms with Gasteiger partial charge in [-0.25, -0.2) is 9.18 Å². The summed E-state index contributed by atoms with van der Waals surface area (Å²) >= 11 is 0. The number of carbonyl (C=O) groups is 1. The number of carboxylic acids is 1. The van der Waals surface area contributed by atoms with Gasteiger partial charge in [0.25, 0.3) is 0 Å². The van der Waals surface area contributed by atoms with Gasteiger partial charge in [0.15, 0.2) is 0 Å². The van der Waals surface area contributed by atoms with Gasteiger partial charge in [0.2, 0.25) is 0 Å². The van der Waals surface area contributed by atoms with E-state index in [-0.39, 0.29) is 23.2 Å². The van der Waals surface area contributed by atoms with Crippen LogP contribution >= 0.6 is 0 Å². The van der Waals surface area contributed by atoms with Gasteiger partial charge in [-0.3, -0.25) is 0 Å². The Balaban J connectivity index is 3.45. The first-order valence-electron chi connectivity index (χ1n) is 3.76. The van der Waals surface area contributed by atoms with Gasteiger partial charge in [-0.1, -0.05) is 0 Å². The number of nitrogens with zero attached hydrogens (tertiary/aromatic N) is 1. The lowest BCUT2D eigenvalue weighted by Crippen LogP contribution is -2.10. The van der Waals surface area contributed by atoms with Crippen molar-refractivity contribution < 1.29 is 14.3 Å². The van der Waals surface area contributed by atoms with Crippen LogP contribution in [0.15, 0.2) is 12.1 Å². The smallest absolute Gasteiger partial charge is 0.336 e. The molecule has 0 fully saturated rings. The highest BCUT2D eigenvalue weighted by Gasteiger charge is 2.16. The second kappa shape index (κ2) is 3.85. The minimum Gasteiger partial charge on any atom is -0.478 e. The lowest BCUT2D eigenvalue weighted by molar-refractivity contribution is 0.0695. The number of rotatable bonds is 2. The predicted molar refractivity (Wildman–Crippen MR) is 46.0 cm³/mol. The number of nitrogens with two attached hydrogens (primary N) is 1. The molecule has 0 saturated carbocycles. The van der Waals surface area contributed by atoms with E-state index in [1.54, 1.807) is 6.07 Å². The minimum absolute atomic E-state index is 0.142. The summed E-state index contributed by atoms with van der Waals surface area (Å²) in [5.41, 5.74) is 4.65. The molecule has 0 aliphatic rings. The molecule has 0 bridgehead atoms. The zero-order valence-electron chi connectivity index (χ0n) is 7.12. The standard InChI is InChI=1S/C9H7FN2O2/c10-8-5(3-11)1-2-6(9(13)14)7(8)4-12/h1-2H,4,12H2,(H,13,14). The van der Waals surface area contributed by atoms with Crippen LogP contribution in [0.2, 0.25) is 0 Å². The second-order valence-electron chi connectivity index (χ2n) is 2.57. The van der Waals surface area contributed by atoms with Gasteiger partial charge in [0.05, 0.1) is 11.1 Å². The van der Waals surface area contributed by atoms with Crippen LogP contribution in [0.1, 0.15) is 21.5 Å². The van der Waals surface area contributed by atoms with Crippen molar-refractivity contribution in [1.82, 2.24) is 0 Å². The summed E-state index contributed by atoms with van der Waals surface area (Å²) < 4.78 is 13.3. The lowest BCUT2D eigenvalue weighted by atomic mass is 10.0. The van der Waals surface area contributed by atoms with Crippen LogP contribution in [0.5, 0.6) is 0 Å². The molecular formula is C9H7FN2O2. The molecule has 14 heavy (non-hydrogen) atoms. The highest BCUT2D eigenvalue weighted by Crippen LogP contribution is 2.17. The molecule has 0 heterocycles. The van der Waals surface area contributed by atoms with E-state index in [9.17, 15) is 9.18 Å². The molecule has 0 atom stereocenters. The van der Waals surface area contributed by atoms with E-state index in [2.05, 4.69) is 0 Å². The fourth-order valence-electron chi connectivity index (χ4n) is 1.11. The Morgan fingerprint density at radius 1 is 1.64 bits per heavy atom. The molecule has 5 heteroatoms. The summed E-state index contributed by atoms with van der Waals surface area (Å²) in [6.45, 7) is -0.247. The van der Waals surface area contributed by atoms with Gasteiger partial charge in [-0.2, -0.15) is 5.26 Å². The quantitative estimate of drug-likeness (QED) is 0.730. The van der Waals surface area contributed by atoms with E-state index in [0.717, 1.165) is 6.07 Å². The molecule has 1 rings (SSSR count). The van der Waals surface area contributed by atoms with Crippen LogP contribution < -0.4 is 5.73 Å². The Bertz CT molecular complexity index is 424. The normalized spacial score (nSPS) is 9.50. The molecule has 0 amide bonds. The van der Waals surface area contributed by atoms with E-state index in [1.165, 1.54) is 6.07 Å². The molecular weight excluding hydrogens is 187 g/mol. The maximum absolute atomic E-state index is 13.3. The first-order valence-corrected chi connectivity index (χ1v) is 3.76. The molecule has 0 unspecified atom stereocenters. The highest BCUT2D eigenvalue weighted by atomic mass is 19.1. The van der Waals surface area contributed by atoms with E-state index >= 15 is 0 Å². The molecule has 0 aliphatic carbocycles. The van der Waals surface area contributed by atoms with E-state index < -0.39 is 11.8 Å². The number of hydrogen-bond donors (Lipinski definition) is 2. The van der Waals surface area contributed by atoms with Crippen molar-refractivity contribution in [3.8, 4) is 6.07 Å². The van der Waals surface area contributed by atoms with Crippen molar-refractivity contribution in [1.29, 1.82) is 5.26 Å². The molecule has 0 radical (unpaired) electrons. The highest BCUT2D eigenvalue weighted by molar-refractivity contribution is 5.89. The number of aromatic carboxylic acids is 1. The Labute approximate surface area is 79.4 Å². The molecule has 4 nitrogen and oxygen atoms in total. The summed E-state index contributed by atoms with van der Waals surface area (Å²) in [4.78, 5) is 10.6. The lowest BCUT2D eigenvalue weighted by Gasteiger charge is -2.05. The number of benzene rings is 1. The average Bonchev–Trinajstić information content (AvgIpc) is 2.17. The molecule has 0 aromatic heterocycles. The molecule has 1 aromatic carbocycles. The van der Waals surface area contributed by atoms with E-state index in [0.29, 0.717) is 0 Å². The van der Waals surface area contributed by atoms with Crippen molar-refractivity contribution in [2.24, 2.45) is 5.73 Å². The summed E-state index contributed by atoms with van der Waals surface area (Å²) in [5.74, 6) is -2.11. The summed E-state index contributed by atoms with van der Waals surface area (Å²) in [7, 11) is 0. The number of hydrogen-bond acceptors (Lipinski definition) is 3. The largest absolute Gasteiger partial charge is 0.478 e. The number of carboxylic acid groups (broad SMARTS) is 1. The van der Waals surface area contributed by atoms with Gasteiger partial charge in [-0.05, 0) is 12.1 Å². The third-order valence-electron chi connectivity index (χ3n) is 1.80. The van der Waals surface area contributed by atoms with Crippen LogP contribution in [0.3, 0.4) is 0 Å². The third kappa shape index (κ3) is 1.56. The Kier molecular flexibility index (Phi) is 2.79. The number of nitriles is 1. The van der Waals surface area contributed by atoms with Crippen molar-refractivity contribution >= 4 is 5.97 Å². The average molecular weight is 194 g/mol. The maximum atomic E-state index is 13.3. The molecule has 0 saturated heterocycles. The first kappa shape index (κ1) is 10.2. The summed E-state index contributed by atoms with van der Waals surface area (Å²) in [6.07, 6.45) is 0. The van der Waals surface area contributed by atoms with Crippen molar-refractivity contribution in [3.05, 3.63) is 34.6 Å².